The van der Waals surface area contributed by atoms with Gasteiger partial charge in [-0.15, -0.1) is 0 Å². The van der Waals surface area contributed by atoms with Gasteiger partial charge in [0.2, 0.25) is 0 Å². The summed E-state index contributed by atoms with van der Waals surface area (Å²) in [4.78, 5) is 30.3. The molecule has 8 nitrogen and oxygen atoms in total. The summed E-state index contributed by atoms with van der Waals surface area (Å²) in [6.07, 6.45) is -0.0842. The van der Waals surface area contributed by atoms with E-state index < -0.39 is 23.7 Å². The molecule has 0 saturated heterocycles. The molecule has 7 rings (SSSR count). The van der Waals surface area contributed by atoms with E-state index in [-0.39, 0.29) is 28.6 Å². The highest BCUT2D eigenvalue weighted by Crippen LogP contribution is 2.36. The van der Waals surface area contributed by atoms with Crippen LogP contribution in [-0.4, -0.2) is 41.2 Å². The molecule has 6 aromatic rings. The van der Waals surface area contributed by atoms with Crippen LogP contribution < -0.4 is 5.56 Å². The van der Waals surface area contributed by atoms with E-state index in [0.29, 0.717) is 41.9 Å². The van der Waals surface area contributed by atoms with E-state index in [1.54, 1.807) is 20.2 Å². The zero-order chi connectivity index (χ0) is 33.7. The third-order valence-electron chi connectivity index (χ3n) is 9.15. The van der Waals surface area contributed by atoms with Gasteiger partial charge in [-0.1, -0.05) is 66.5 Å². The topological polar surface area (TPSA) is 88.3 Å². The molecule has 0 radical (unpaired) electrons. The summed E-state index contributed by atoms with van der Waals surface area (Å²) in [7, 11) is 0. The van der Waals surface area contributed by atoms with Crippen LogP contribution in [0.5, 0.6) is 0 Å². The maximum Gasteiger partial charge on any atom is 0.417 e. The number of alkyl halides is 3. The fourth-order valence-electron chi connectivity index (χ4n) is 6.82. The van der Waals surface area contributed by atoms with E-state index in [9.17, 15) is 22.8 Å². The van der Waals surface area contributed by atoms with Crippen LogP contribution in [0.2, 0.25) is 0 Å². The lowest BCUT2D eigenvalue weighted by Crippen LogP contribution is -2.47. The van der Waals surface area contributed by atoms with Gasteiger partial charge in [0.1, 0.15) is 5.65 Å². The molecule has 246 valence electrons. The highest BCUT2D eigenvalue weighted by atomic mass is 79.9. The largest absolute Gasteiger partial charge is 0.417 e. The summed E-state index contributed by atoms with van der Waals surface area (Å²) in [6.45, 7) is 4.04. The lowest BCUT2D eigenvalue weighted by molar-refractivity contribution is -0.138. The van der Waals surface area contributed by atoms with Crippen LogP contribution in [0.3, 0.4) is 0 Å². The van der Waals surface area contributed by atoms with Crippen LogP contribution in [0, 0.1) is 0 Å². The Hall–Kier alpha value is -4.71. The Balaban J connectivity index is 1.41. The van der Waals surface area contributed by atoms with Gasteiger partial charge < -0.3 is 4.90 Å². The molecule has 0 bridgehead atoms. The van der Waals surface area contributed by atoms with Crippen molar-refractivity contribution in [3.63, 3.8) is 0 Å². The second-order valence-electron chi connectivity index (χ2n) is 12.2. The van der Waals surface area contributed by atoms with Crippen LogP contribution in [0.4, 0.5) is 13.2 Å². The highest BCUT2D eigenvalue weighted by Gasteiger charge is 2.37. The predicted octanol–water partition coefficient (Wildman–Crippen LogP) is 7.66. The number of hydrogen-bond donors (Lipinski definition) is 1. The maximum absolute atomic E-state index is 14.7. The van der Waals surface area contributed by atoms with E-state index in [1.165, 1.54) is 12.1 Å². The van der Waals surface area contributed by atoms with Crippen molar-refractivity contribution in [2.24, 2.45) is 0 Å². The number of nitrogens with one attached hydrogen (secondary N) is 1. The molecule has 1 aliphatic heterocycles. The van der Waals surface area contributed by atoms with Crippen molar-refractivity contribution in [3.05, 3.63) is 127 Å². The number of H-pyrrole nitrogens is 1. The summed E-state index contributed by atoms with van der Waals surface area (Å²) in [5.41, 5.74) is 4.72. The first-order chi connectivity index (χ1) is 23.1. The quantitative estimate of drug-likeness (QED) is 0.184. The first kappa shape index (κ1) is 31.9. The summed E-state index contributed by atoms with van der Waals surface area (Å²) in [5, 5.41) is 13.3. The van der Waals surface area contributed by atoms with Crippen LogP contribution >= 0.6 is 15.9 Å². The number of aryl methyl sites for hydroxylation is 1. The average Bonchev–Trinajstić information content (AvgIpc) is 3.68. The maximum atomic E-state index is 14.7. The van der Waals surface area contributed by atoms with E-state index >= 15 is 0 Å². The Morgan fingerprint density at radius 3 is 2.58 bits per heavy atom. The van der Waals surface area contributed by atoms with Gasteiger partial charge in [0.15, 0.2) is 0 Å². The Morgan fingerprint density at radius 2 is 1.85 bits per heavy atom. The fourth-order valence-corrected chi connectivity index (χ4v) is 7.29. The van der Waals surface area contributed by atoms with Crippen molar-refractivity contribution in [3.8, 4) is 5.69 Å². The number of nitrogens with zero attached hydrogens (tertiary/aromatic N) is 5. The molecule has 3 aromatic heterocycles. The third-order valence-corrected chi connectivity index (χ3v) is 9.84. The molecule has 1 aliphatic rings. The van der Waals surface area contributed by atoms with E-state index in [2.05, 4.69) is 26.1 Å². The van der Waals surface area contributed by atoms with E-state index in [1.807, 2.05) is 62.4 Å². The number of carbonyl (C=O) groups is 1. The van der Waals surface area contributed by atoms with Crippen molar-refractivity contribution < 1.29 is 18.0 Å². The Kier molecular flexibility index (Phi) is 8.22. The monoisotopic (exact) mass is 716 g/mol. The highest BCUT2D eigenvalue weighted by molar-refractivity contribution is 9.10. The van der Waals surface area contributed by atoms with Gasteiger partial charge in [-0.25, -0.2) is 4.52 Å². The first-order valence-electron chi connectivity index (χ1n) is 15.9. The number of hydrogen-bond acceptors (Lipinski definition) is 4. The normalized spacial score (nSPS) is 15.0. The molecule has 0 fully saturated rings. The molecular weight excluding hydrogens is 685 g/mol. The standard InChI is InChI=1S/C36H32BrF3N6O2/c1-3-8-24-17-27-32(20-44(24)34(47)22-11-14-29(37)28(16-22)36(38,39)40)46-33(23(19-41-46)15-21-9-6-5-7-10-21)45(35(27)48)25-12-13-26-30(4-2)42-43-31(26)18-25/h5-7,9-14,16,18-19,24H,3-4,8,15,17,20H2,1-2H3,(H,42,43)/t24-/m0/s1. The number of benzene rings is 3. The molecule has 0 saturated carbocycles. The summed E-state index contributed by atoms with van der Waals surface area (Å²) in [6, 6.07) is 18.8. The number of aromatic nitrogens is 5. The molecule has 1 N–H and O–H groups in total. The molecule has 48 heavy (non-hydrogen) atoms. The summed E-state index contributed by atoms with van der Waals surface area (Å²) >= 11 is 2.98. The SMILES string of the molecule is CCC[C@H]1Cc2c(n3ncc(Cc4ccccc4)c3n(-c3ccc4c(CC)n[nH]c4c3)c2=O)CN1C(=O)c1ccc(Br)c(C(F)(F)F)c1. The lowest BCUT2D eigenvalue weighted by Gasteiger charge is -2.37. The van der Waals surface area contributed by atoms with Gasteiger partial charge in [-0.2, -0.15) is 23.4 Å². The summed E-state index contributed by atoms with van der Waals surface area (Å²) < 4.78 is 44.6. The van der Waals surface area contributed by atoms with Crippen molar-refractivity contribution in [1.29, 1.82) is 0 Å². The second kappa shape index (κ2) is 12.4. The Morgan fingerprint density at radius 1 is 1.06 bits per heavy atom. The fraction of sp³-hybridized carbons (Fsp3) is 0.278. The molecule has 0 aliphatic carbocycles. The minimum atomic E-state index is -4.63. The van der Waals surface area contributed by atoms with E-state index in [4.69, 9.17) is 5.10 Å². The molecule has 3 aromatic carbocycles. The minimum Gasteiger partial charge on any atom is -0.329 e. The number of rotatable bonds is 7. The zero-order valence-electron chi connectivity index (χ0n) is 26.3. The molecular formula is C36H32BrF3N6O2. The minimum absolute atomic E-state index is 0.0225. The molecule has 12 heteroatoms. The first-order valence-corrected chi connectivity index (χ1v) is 16.7. The number of amides is 1. The Labute approximate surface area is 282 Å². The molecule has 0 unspecified atom stereocenters. The van der Waals surface area contributed by atoms with Gasteiger partial charge in [-0.3, -0.25) is 19.3 Å². The number of halogens is 4. The van der Waals surface area contributed by atoms with Gasteiger partial charge in [0.25, 0.3) is 11.5 Å². The number of aromatic amines is 1. The summed E-state index contributed by atoms with van der Waals surface area (Å²) in [5.74, 6) is -0.525. The van der Waals surface area contributed by atoms with Crippen molar-refractivity contribution in [2.45, 2.75) is 64.7 Å². The van der Waals surface area contributed by atoms with Gasteiger partial charge in [0, 0.05) is 45.4 Å². The molecule has 4 heterocycles. The predicted molar refractivity (Wildman–Crippen MR) is 180 cm³/mol. The average molecular weight is 718 g/mol. The van der Waals surface area contributed by atoms with Crippen LogP contribution in [0.1, 0.15) is 70.7 Å². The van der Waals surface area contributed by atoms with Gasteiger partial charge in [-0.05, 0) is 54.8 Å². The Bertz CT molecular complexity index is 2240. The van der Waals surface area contributed by atoms with Crippen LogP contribution in [0.15, 0.2) is 82.2 Å². The zero-order valence-corrected chi connectivity index (χ0v) is 27.9. The van der Waals surface area contributed by atoms with Crippen molar-refractivity contribution in [2.75, 3.05) is 0 Å². The van der Waals surface area contributed by atoms with Gasteiger partial charge >= 0.3 is 6.18 Å². The van der Waals surface area contributed by atoms with Gasteiger partial charge in [0.05, 0.1) is 40.9 Å². The van der Waals surface area contributed by atoms with Crippen molar-refractivity contribution in [1.82, 2.24) is 29.3 Å². The van der Waals surface area contributed by atoms with Crippen LogP contribution in [-0.2, 0) is 32.0 Å². The number of fused-ring (bicyclic) bond motifs is 4. The van der Waals surface area contributed by atoms with Crippen molar-refractivity contribution >= 4 is 38.4 Å². The molecule has 1 amide bonds. The second-order valence-corrected chi connectivity index (χ2v) is 13.0. The lowest BCUT2D eigenvalue weighted by atomic mass is 9.94. The molecule has 1 atom stereocenters. The van der Waals surface area contributed by atoms with E-state index in [0.717, 1.165) is 40.2 Å². The third kappa shape index (κ3) is 5.51. The van der Waals surface area contributed by atoms with Crippen LogP contribution in [0.25, 0.3) is 22.2 Å². The number of carbonyl (C=O) groups excluding carboxylic acids is 1. The molecule has 0 spiro atoms. The smallest absolute Gasteiger partial charge is 0.329 e.